The van der Waals surface area contributed by atoms with Crippen molar-refractivity contribution in [3.05, 3.63) is 70.2 Å². The fraction of sp³-hybridized carbons (Fsp3) is 0.125. The van der Waals surface area contributed by atoms with Gasteiger partial charge >= 0.3 is 6.18 Å². The standard InChI is InChI=1S/C16H11ClF3NO2/c17-11-5-3-4-10(8-11)14(22)9-21-15(23)12-6-1-2-7-13(12)16(18,19)20/h1-8H,9H2,(H,21,23). The lowest BCUT2D eigenvalue weighted by Gasteiger charge is -2.12. The van der Waals surface area contributed by atoms with Gasteiger partial charge in [0.05, 0.1) is 17.7 Å². The van der Waals surface area contributed by atoms with Crippen molar-refractivity contribution in [2.24, 2.45) is 0 Å². The Bertz CT molecular complexity index is 744. The van der Waals surface area contributed by atoms with Crippen molar-refractivity contribution in [2.75, 3.05) is 6.54 Å². The van der Waals surface area contributed by atoms with Gasteiger partial charge in [-0.1, -0.05) is 35.9 Å². The molecule has 2 aromatic carbocycles. The molecule has 0 unspecified atom stereocenters. The van der Waals surface area contributed by atoms with E-state index in [2.05, 4.69) is 5.32 Å². The number of carbonyl (C=O) groups excluding carboxylic acids is 2. The highest BCUT2D eigenvalue weighted by molar-refractivity contribution is 6.31. The highest BCUT2D eigenvalue weighted by Crippen LogP contribution is 2.31. The zero-order valence-corrected chi connectivity index (χ0v) is 12.4. The van der Waals surface area contributed by atoms with Gasteiger partial charge in [0.1, 0.15) is 0 Å². The number of amides is 1. The largest absolute Gasteiger partial charge is 0.417 e. The van der Waals surface area contributed by atoms with E-state index in [9.17, 15) is 22.8 Å². The number of ketones is 1. The number of benzene rings is 2. The van der Waals surface area contributed by atoms with E-state index in [-0.39, 0.29) is 5.56 Å². The van der Waals surface area contributed by atoms with Crippen LogP contribution in [0.1, 0.15) is 26.3 Å². The molecule has 1 amide bonds. The maximum atomic E-state index is 12.9. The summed E-state index contributed by atoms with van der Waals surface area (Å²) in [6.45, 7) is -0.425. The first-order chi connectivity index (χ1) is 10.8. The third-order valence-electron chi connectivity index (χ3n) is 3.03. The topological polar surface area (TPSA) is 46.2 Å². The average Bonchev–Trinajstić information content (AvgIpc) is 2.51. The normalized spacial score (nSPS) is 11.1. The first-order valence-corrected chi connectivity index (χ1v) is 6.90. The number of hydrogen-bond acceptors (Lipinski definition) is 2. The van der Waals surface area contributed by atoms with Gasteiger partial charge in [0.25, 0.3) is 5.91 Å². The fourth-order valence-electron chi connectivity index (χ4n) is 1.95. The zero-order valence-electron chi connectivity index (χ0n) is 11.7. The van der Waals surface area contributed by atoms with Crippen molar-refractivity contribution in [1.29, 1.82) is 0 Å². The van der Waals surface area contributed by atoms with E-state index < -0.39 is 35.5 Å². The molecule has 0 aliphatic carbocycles. The van der Waals surface area contributed by atoms with Gasteiger partial charge in [0.15, 0.2) is 5.78 Å². The molecule has 0 aromatic heterocycles. The van der Waals surface area contributed by atoms with Crippen LogP contribution in [0.4, 0.5) is 13.2 Å². The van der Waals surface area contributed by atoms with Gasteiger partial charge in [-0.15, -0.1) is 0 Å². The lowest BCUT2D eigenvalue weighted by Crippen LogP contribution is -2.31. The predicted octanol–water partition coefficient (Wildman–Crippen LogP) is 3.97. The van der Waals surface area contributed by atoms with E-state index in [4.69, 9.17) is 11.6 Å². The minimum atomic E-state index is -4.65. The van der Waals surface area contributed by atoms with Gasteiger partial charge in [0, 0.05) is 10.6 Å². The Kier molecular flexibility index (Phi) is 5.05. The second-order valence-electron chi connectivity index (χ2n) is 4.66. The molecule has 7 heteroatoms. The maximum Gasteiger partial charge on any atom is 0.417 e. The Morgan fingerprint density at radius 3 is 2.39 bits per heavy atom. The summed E-state index contributed by atoms with van der Waals surface area (Å²) in [6, 6.07) is 10.5. The maximum absolute atomic E-state index is 12.9. The van der Waals surface area contributed by atoms with Crippen molar-refractivity contribution in [1.82, 2.24) is 5.32 Å². The quantitative estimate of drug-likeness (QED) is 0.855. The average molecular weight is 342 g/mol. The number of rotatable bonds is 4. The number of carbonyl (C=O) groups is 2. The monoisotopic (exact) mass is 341 g/mol. The number of halogens is 4. The fourth-order valence-corrected chi connectivity index (χ4v) is 2.14. The van der Waals surface area contributed by atoms with Crippen LogP contribution >= 0.6 is 11.6 Å². The first-order valence-electron chi connectivity index (χ1n) is 6.52. The van der Waals surface area contributed by atoms with E-state index >= 15 is 0 Å². The molecule has 2 aromatic rings. The Labute approximate surface area is 135 Å². The lowest BCUT2D eigenvalue weighted by atomic mass is 10.1. The van der Waals surface area contributed by atoms with Crippen LogP contribution in [0.5, 0.6) is 0 Å². The second-order valence-corrected chi connectivity index (χ2v) is 5.10. The van der Waals surface area contributed by atoms with Crippen LogP contribution in [0.25, 0.3) is 0 Å². The number of nitrogens with one attached hydrogen (secondary N) is 1. The van der Waals surface area contributed by atoms with Crippen LogP contribution in [0.15, 0.2) is 48.5 Å². The molecule has 2 rings (SSSR count). The molecule has 0 bridgehead atoms. The summed E-state index contributed by atoms with van der Waals surface area (Å²) in [6.07, 6.45) is -4.65. The molecule has 23 heavy (non-hydrogen) atoms. The smallest absolute Gasteiger partial charge is 0.345 e. The van der Waals surface area contributed by atoms with Gasteiger partial charge < -0.3 is 5.32 Å². The van der Waals surface area contributed by atoms with Crippen LogP contribution in [-0.2, 0) is 6.18 Å². The van der Waals surface area contributed by atoms with Crippen LogP contribution in [0.2, 0.25) is 5.02 Å². The van der Waals surface area contributed by atoms with Gasteiger partial charge in [-0.2, -0.15) is 13.2 Å². The van der Waals surface area contributed by atoms with Gasteiger partial charge in [-0.3, -0.25) is 9.59 Å². The Balaban J connectivity index is 2.10. The molecule has 0 saturated heterocycles. The summed E-state index contributed by atoms with van der Waals surface area (Å²) in [5.74, 6) is -1.42. The van der Waals surface area contributed by atoms with Crippen LogP contribution in [0, 0.1) is 0 Å². The molecule has 0 heterocycles. The van der Waals surface area contributed by atoms with E-state index in [0.717, 1.165) is 12.1 Å². The Morgan fingerprint density at radius 1 is 1.04 bits per heavy atom. The summed E-state index contributed by atoms with van der Waals surface area (Å²) in [5.41, 5.74) is -1.31. The predicted molar refractivity (Wildman–Crippen MR) is 79.6 cm³/mol. The van der Waals surface area contributed by atoms with E-state index in [1.807, 2.05) is 0 Å². The van der Waals surface area contributed by atoms with Crippen molar-refractivity contribution < 1.29 is 22.8 Å². The number of Topliss-reactive ketones (excluding diaryl/α,β-unsaturated/α-hetero) is 1. The van der Waals surface area contributed by atoms with Crippen molar-refractivity contribution >= 4 is 23.3 Å². The number of alkyl halides is 3. The third-order valence-corrected chi connectivity index (χ3v) is 3.27. The summed E-state index contributed by atoms with van der Waals surface area (Å²) in [4.78, 5) is 23.8. The number of hydrogen-bond donors (Lipinski definition) is 1. The zero-order chi connectivity index (χ0) is 17.0. The molecule has 0 atom stereocenters. The highest BCUT2D eigenvalue weighted by atomic mass is 35.5. The van der Waals surface area contributed by atoms with Gasteiger partial charge in [0.2, 0.25) is 0 Å². The van der Waals surface area contributed by atoms with E-state index in [0.29, 0.717) is 5.02 Å². The third kappa shape index (κ3) is 4.32. The van der Waals surface area contributed by atoms with Gasteiger partial charge in [-0.25, -0.2) is 0 Å². The molecule has 0 fully saturated rings. The highest BCUT2D eigenvalue weighted by Gasteiger charge is 2.34. The molecule has 0 aliphatic rings. The van der Waals surface area contributed by atoms with E-state index in [1.165, 1.54) is 24.3 Å². The van der Waals surface area contributed by atoms with Gasteiger partial charge in [-0.05, 0) is 24.3 Å². The molecule has 3 nitrogen and oxygen atoms in total. The molecule has 0 saturated carbocycles. The molecule has 0 radical (unpaired) electrons. The van der Waals surface area contributed by atoms with Crippen molar-refractivity contribution in [3.63, 3.8) is 0 Å². The molecule has 120 valence electrons. The second kappa shape index (κ2) is 6.83. The summed E-state index contributed by atoms with van der Waals surface area (Å²) >= 11 is 5.75. The van der Waals surface area contributed by atoms with Crippen molar-refractivity contribution in [2.45, 2.75) is 6.18 Å². The first kappa shape index (κ1) is 17.0. The Hall–Kier alpha value is -2.34. The molecule has 0 spiro atoms. The minimum Gasteiger partial charge on any atom is -0.345 e. The van der Waals surface area contributed by atoms with Crippen LogP contribution in [0.3, 0.4) is 0 Å². The summed E-state index contributed by atoms with van der Waals surface area (Å²) in [5, 5.41) is 2.55. The SMILES string of the molecule is O=C(CNC(=O)c1ccccc1C(F)(F)F)c1cccc(Cl)c1. The van der Waals surface area contributed by atoms with Crippen molar-refractivity contribution in [3.8, 4) is 0 Å². The molecule has 0 aliphatic heterocycles. The summed E-state index contributed by atoms with van der Waals surface area (Å²) < 4.78 is 38.6. The van der Waals surface area contributed by atoms with Crippen LogP contribution < -0.4 is 5.32 Å². The Morgan fingerprint density at radius 2 is 1.74 bits per heavy atom. The summed E-state index contributed by atoms with van der Waals surface area (Å²) in [7, 11) is 0. The molecular weight excluding hydrogens is 331 g/mol. The molecular formula is C16H11ClF3NO2. The minimum absolute atomic E-state index is 0.266. The molecule has 1 N–H and O–H groups in total. The van der Waals surface area contributed by atoms with Crippen LogP contribution in [-0.4, -0.2) is 18.2 Å². The lowest BCUT2D eigenvalue weighted by molar-refractivity contribution is -0.137. The van der Waals surface area contributed by atoms with E-state index in [1.54, 1.807) is 12.1 Å².